The fourth-order valence-corrected chi connectivity index (χ4v) is 8.10. The van der Waals surface area contributed by atoms with Crippen molar-refractivity contribution < 1.29 is 43.2 Å². The molecule has 0 spiro atoms. The second-order valence-corrected chi connectivity index (χ2v) is 17.8. The average molecular weight is 1030 g/mol. The predicted octanol–water partition coefficient (Wildman–Crippen LogP) is -4.00. The van der Waals surface area contributed by atoms with Crippen molar-refractivity contribution in [1.29, 1.82) is 0 Å². The molecule has 0 saturated carbocycles. The fraction of sp³-hybridized carbons (Fsp3) is 0.479. The van der Waals surface area contributed by atoms with Crippen molar-refractivity contribution >= 4 is 76.0 Å². The monoisotopic (exact) mass is 1030 g/mol. The normalized spacial score (nSPS) is 21.2. The smallest absolute Gasteiger partial charge is 0.243 e. The van der Waals surface area contributed by atoms with Crippen LogP contribution >= 0.6 is 0 Å². The van der Waals surface area contributed by atoms with Crippen molar-refractivity contribution in [2.75, 3.05) is 26.2 Å². The molecule has 0 aliphatic carbocycles. The Bertz CT molecular complexity index is 2480. The van der Waals surface area contributed by atoms with Crippen molar-refractivity contribution in [2.24, 2.45) is 44.4 Å². The van der Waals surface area contributed by atoms with Crippen LogP contribution in [0.3, 0.4) is 0 Å². The van der Waals surface area contributed by atoms with Gasteiger partial charge < -0.3 is 81.9 Å². The van der Waals surface area contributed by atoms with Gasteiger partial charge in [-0.2, -0.15) is 0 Å². The molecule has 4 rings (SSSR count). The van der Waals surface area contributed by atoms with Crippen molar-refractivity contribution in [3.05, 3.63) is 71.9 Å². The highest BCUT2D eigenvalue weighted by Gasteiger charge is 2.35. The minimum Gasteiger partial charge on any atom is -0.370 e. The molecule has 26 nitrogen and oxygen atoms in total. The topological polar surface area (TPSA) is 446 Å². The first-order chi connectivity index (χ1) is 35.3. The molecule has 74 heavy (non-hydrogen) atoms. The Morgan fingerprint density at radius 2 is 1.27 bits per heavy atom. The Labute approximate surface area is 427 Å². The summed E-state index contributed by atoms with van der Waals surface area (Å²) in [5, 5.41) is 22.1. The summed E-state index contributed by atoms with van der Waals surface area (Å²) < 4.78 is 0. The van der Waals surface area contributed by atoms with Crippen LogP contribution < -0.4 is 76.9 Å². The van der Waals surface area contributed by atoms with Crippen molar-refractivity contribution in [2.45, 2.75) is 120 Å². The third kappa shape index (κ3) is 19.7. The van der Waals surface area contributed by atoms with Gasteiger partial charge in [0.1, 0.15) is 42.3 Å². The number of nitrogens with zero attached hydrogens (tertiary/aromatic N) is 2. The number of aliphatic imine (C=N–C) groups is 2. The lowest BCUT2D eigenvalue weighted by Crippen LogP contribution is -2.60. The molecular weight excluding hydrogens is 959 g/mol. The van der Waals surface area contributed by atoms with Crippen LogP contribution in [0.1, 0.15) is 75.8 Å². The summed E-state index contributed by atoms with van der Waals surface area (Å²) in [5.74, 6) is -7.34. The van der Waals surface area contributed by atoms with Gasteiger partial charge in [-0.1, -0.05) is 48.5 Å². The number of guanidine groups is 2. The molecular formula is C48H71N17O9. The lowest BCUT2D eigenvalue weighted by atomic mass is 10.0. The molecule has 9 amide bonds. The van der Waals surface area contributed by atoms with Crippen LogP contribution in [0.25, 0.3) is 10.9 Å². The summed E-state index contributed by atoms with van der Waals surface area (Å²) in [6, 6.07) is 6.54. The summed E-state index contributed by atoms with van der Waals surface area (Å²) in [5.41, 5.74) is 35.7. The van der Waals surface area contributed by atoms with Gasteiger partial charge in [-0.25, -0.2) is 0 Å². The van der Waals surface area contributed by atoms with E-state index < -0.39 is 95.5 Å². The Kier molecular flexibility index (Phi) is 23.6. The number of aromatic nitrogens is 1. The van der Waals surface area contributed by atoms with E-state index in [4.69, 9.17) is 34.4 Å². The van der Waals surface area contributed by atoms with Crippen LogP contribution in [0, 0.1) is 0 Å². The number of hydrogen-bond donors (Lipinski definition) is 15. The van der Waals surface area contributed by atoms with Gasteiger partial charge in [0.2, 0.25) is 53.2 Å². The summed E-state index contributed by atoms with van der Waals surface area (Å²) in [6.45, 7) is 1.24. The number of carbonyl (C=O) groups is 9. The van der Waals surface area contributed by atoms with Gasteiger partial charge in [-0.05, 0) is 75.1 Å². The van der Waals surface area contributed by atoms with Gasteiger partial charge in [0.15, 0.2) is 11.9 Å². The molecule has 2 aromatic carbocycles. The van der Waals surface area contributed by atoms with Gasteiger partial charge in [0.05, 0.1) is 0 Å². The average Bonchev–Trinajstić information content (AvgIpc) is 3.76. The van der Waals surface area contributed by atoms with Crippen LogP contribution in [0.5, 0.6) is 0 Å². The number of para-hydroxylation sites is 1. The van der Waals surface area contributed by atoms with Crippen LogP contribution in [0.4, 0.5) is 0 Å². The molecule has 1 aromatic heterocycles. The van der Waals surface area contributed by atoms with E-state index in [9.17, 15) is 43.2 Å². The summed E-state index contributed by atoms with van der Waals surface area (Å²) in [4.78, 5) is 135. The first-order valence-electron chi connectivity index (χ1n) is 24.4. The number of fused-ring (bicyclic) bond motifs is 1. The number of nitrogens with two attached hydrogens (primary N) is 6. The number of primary amides is 1. The number of hydrogen-bond acceptors (Lipinski definition) is 12. The van der Waals surface area contributed by atoms with E-state index in [1.54, 1.807) is 36.5 Å². The SMILES string of the molecule is CC(=O)N[C@@H](CCCN=C(N)N)C(=O)N[C@H]1CCC(=O)NCCC[C@@H](C(N)=O)NC(=O)[C@H](Cc2c[nH]c3ccccc23)NC(=O)[C@H](CCCN=C(N)N)NC(=O)[C@@H](Cc2ccccc2)NC(=O)[C@H](CCN)NC1=O. The van der Waals surface area contributed by atoms with Gasteiger partial charge in [0, 0.05) is 62.9 Å². The van der Waals surface area contributed by atoms with E-state index in [0.717, 1.165) is 10.9 Å². The molecule has 3 aromatic rings. The van der Waals surface area contributed by atoms with E-state index in [1.165, 1.54) is 6.92 Å². The van der Waals surface area contributed by atoms with Crippen LogP contribution in [0.15, 0.2) is 70.8 Å². The number of carbonyl (C=O) groups excluding carboxylic acids is 9. The summed E-state index contributed by atoms with van der Waals surface area (Å²) in [6.07, 6.45) is 1.21. The third-order valence-electron chi connectivity index (χ3n) is 11.9. The Morgan fingerprint density at radius 1 is 0.689 bits per heavy atom. The number of rotatable bonds is 18. The molecule has 21 N–H and O–H groups in total. The number of amides is 9. The van der Waals surface area contributed by atoms with Gasteiger partial charge in [-0.3, -0.25) is 53.1 Å². The van der Waals surface area contributed by atoms with Gasteiger partial charge >= 0.3 is 0 Å². The summed E-state index contributed by atoms with van der Waals surface area (Å²) >= 11 is 0. The standard InChI is InChI=1S/C48H71N17O9/c1-27(66)59-33(15-8-22-56-47(51)52)41(69)62-35-17-18-39(67)55-21-7-14-32(40(50)68)60-46(74)38(25-29-26-58-31-13-6-5-12-30(29)31)65-42(70)34(16-9-23-57-48(53)54)61-45(73)37(24-28-10-3-2-4-11-28)64-44(72)36(19-20-49)63-43(35)71/h2-6,10-13,26,32-38,58H,7-9,14-25,49H2,1H3,(H2,50,68)(H,55,67)(H,59,66)(H,60,74)(H,61,73)(H,62,69)(H,63,71)(H,64,72)(H,65,70)(H4,51,52,56)(H4,53,54,57)/t32-,33-,34-,35-,36-,37+,38-/m0/s1. The zero-order valence-corrected chi connectivity index (χ0v) is 41.5. The zero-order chi connectivity index (χ0) is 54.2. The maximum atomic E-state index is 14.6. The number of nitrogens with one attached hydrogen (secondary N) is 9. The van der Waals surface area contributed by atoms with E-state index in [-0.39, 0.29) is 109 Å². The third-order valence-corrected chi connectivity index (χ3v) is 11.9. The highest BCUT2D eigenvalue weighted by molar-refractivity contribution is 5.98. The summed E-state index contributed by atoms with van der Waals surface area (Å²) in [7, 11) is 0. The second kappa shape index (κ2) is 29.9. The molecule has 1 aliphatic rings. The molecule has 7 atom stereocenters. The molecule has 0 radical (unpaired) electrons. The lowest BCUT2D eigenvalue weighted by Gasteiger charge is -2.28. The maximum absolute atomic E-state index is 14.6. The molecule has 1 fully saturated rings. The Morgan fingerprint density at radius 3 is 1.92 bits per heavy atom. The Balaban J connectivity index is 1.75. The fourth-order valence-electron chi connectivity index (χ4n) is 8.10. The lowest BCUT2D eigenvalue weighted by molar-refractivity contribution is -0.136. The quantitative estimate of drug-likeness (QED) is 0.0328. The van der Waals surface area contributed by atoms with Gasteiger partial charge in [0.25, 0.3) is 0 Å². The highest BCUT2D eigenvalue weighted by Crippen LogP contribution is 2.20. The van der Waals surface area contributed by atoms with E-state index in [0.29, 0.717) is 11.1 Å². The minimum absolute atomic E-state index is 0.0122. The molecule has 2 heterocycles. The largest absolute Gasteiger partial charge is 0.370 e. The molecule has 0 bridgehead atoms. The van der Waals surface area contributed by atoms with E-state index >= 15 is 0 Å². The molecule has 0 unspecified atom stereocenters. The Hall–Kier alpha value is -8.29. The predicted molar refractivity (Wildman–Crippen MR) is 276 cm³/mol. The number of H-pyrrole nitrogens is 1. The van der Waals surface area contributed by atoms with Crippen LogP contribution in [-0.4, -0.2) is 139 Å². The molecule has 402 valence electrons. The maximum Gasteiger partial charge on any atom is 0.243 e. The molecule has 26 heteroatoms. The van der Waals surface area contributed by atoms with E-state index in [2.05, 4.69) is 57.5 Å². The zero-order valence-electron chi connectivity index (χ0n) is 41.5. The molecule has 1 aliphatic heterocycles. The minimum atomic E-state index is -1.47. The number of benzene rings is 2. The number of aromatic amines is 1. The van der Waals surface area contributed by atoms with Gasteiger partial charge in [-0.15, -0.1) is 0 Å². The second-order valence-electron chi connectivity index (χ2n) is 17.8. The van der Waals surface area contributed by atoms with E-state index in [1.807, 2.05) is 24.3 Å². The highest BCUT2D eigenvalue weighted by atomic mass is 16.2. The first-order valence-corrected chi connectivity index (χ1v) is 24.4. The first kappa shape index (κ1) is 58.3. The molecule has 1 saturated heterocycles. The van der Waals surface area contributed by atoms with Crippen LogP contribution in [0.2, 0.25) is 0 Å². The van der Waals surface area contributed by atoms with Crippen molar-refractivity contribution in [1.82, 2.24) is 47.5 Å². The van der Waals surface area contributed by atoms with Crippen molar-refractivity contribution in [3.8, 4) is 0 Å². The van der Waals surface area contributed by atoms with Crippen molar-refractivity contribution in [3.63, 3.8) is 0 Å². The van der Waals surface area contributed by atoms with Crippen LogP contribution in [-0.2, 0) is 56.0 Å².